The third kappa shape index (κ3) is 21.4. The van der Waals surface area contributed by atoms with Crippen LogP contribution < -0.4 is 54.8 Å². The van der Waals surface area contributed by atoms with Crippen molar-refractivity contribution in [3.8, 4) is 0 Å². The quantitative estimate of drug-likeness (QED) is 0.0343. The predicted molar refractivity (Wildman–Crippen MR) is 298 cm³/mol. The van der Waals surface area contributed by atoms with Crippen molar-refractivity contribution in [2.75, 3.05) is 44.7 Å². The smallest absolute Gasteiger partial charge is 0.326 e. The van der Waals surface area contributed by atoms with Gasteiger partial charge in [-0.15, -0.1) is 0 Å². The average Bonchev–Trinajstić information content (AvgIpc) is 4.26. The largest absolute Gasteiger partial charge is 0.481 e. The molecular formula is C53H84N14O12S. The molecule has 8 amide bonds. The minimum absolute atomic E-state index is 0.0219. The van der Waals surface area contributed by atoms with E-state index >= 15 is 0 Å². The van der Waals surface area contributed by atoms with Gasteiger partial charge in [0.15, 0.2) is 0 Å². The molecule has 0 spiro atoms. The van der Waals surface area contributed by atoms with E-state index in [9.17, 15) is 58.2 Å². The fourth-order valence-corrected chi connectivity index (χ4v) is 10.2. The number of aromatic nitrogens is 2. The van der Waals surface area contributed by atoms with Crippen LogP contribution in [0, 0.1) is 0 Å². The topological polar surface area (TPSA) is 423 Å². The van der Waals surface area contributed by atoms with Gasteiger partial charge in [0.1, 0.15) is 48.3 Å². The van der Waals surface area contributed by atoms with Crippen molar-refractivity contribution < 1.29 is 58.2 Å². The molecule has 2 aliphatic rings. The van der Waals surface area contributed by atoms with Crippen molar-refractivity contribution in [2.24, 2.45) is 22.9 Å². The molecule has 0 radical (unpaired) electrons. The highest BCUT2D eigenvalue weighted by Crippen LogP contribution is 2.24. The predicted octanol–water partition coefficient (Wildman–Crippen LogP) is -1.50. The highest BCUT2D eigenvalue weighted by molar-refractivity contribution is 7.98. The van der Waals surface area contributed by atoms with Crippen LogP contribution in [0.25, 0.3) is 0 Å². The number of aromatic amines is 1. The third-order valence-electron chi connectivity index (χ3n) is 14.1. The zero-order valence-electron chi connectivity index (χ0n) is 45.7. The van der Waals surface area contributed by atoms with Gasteiger partial charge in [0, 0.05) is 38.5 Å². The first kappa shape index (κ1) is 65.8. The Balaban J connectivity index is 1.55. The summed E-state index contributed by atoms with van der Waals surface area (Å²) >= 11 is 1.38. The number of likely N-dealkylation sites (tertiary alicyclic amines) is 2. The molecule has 2 aromatic rings. The number of carboxylic acid groups (broad SMARTS) is 2. The molecule has 0 unspecified atom stereocenters. The van der Waals surface area contributed by atoms with E-state index < -0.39 is 126 Å². The Labute approximate surface area is 470 Å². The van der Waals surface area contributed by atoms with Crippen LogP contribution in [0.4, 0.5) is 0 Å². The molecule has 1 aromatic carbocycles. The van der Waals surface area contributed by atoms with E-state index in [1.807, 2.05) is 0 Å². The Morgan fingerprint density at radius 3 is 1.64 bits per heavy atom. The van der Waals surface area contributed by atoms with Crippen LogP contribution >= 0.6 is 11.8 Å². The van der Waals surface area contributed by atoms with E-state index in [2.05, 4.69) is 41.9 Å². The monoisotopic (exact) mass is 1140 g/mol. The standard InChI is InChI=1S/C53H84N14O12S/c1-80-28-22-38(62-47(72)37(20-21-44(68)69)61-46(71)36(16-6-9-24-55)60-48(73)40(30-34-31-58-32-59-34)64-45(70)35(57)15-5-8-23-54)51(76)66-26-11-19-43(66)50(75)65-41(29-33-13-3-2-4-14-33)52(77)67-27-12-18-42(67)49(74)63-39(53(78)79)17-7-10-25-56/h2-4,13-14,31-32,35-43H,5-12,15-30,54-57H2,1H3,(H,58,59)(H,60,73)(H,61,71)(H,62,72)(H,63,74)(H,64,70)(H,65,75)(H,68,69)(H,78,79)/t35-,36-,37-,38-,39-,40-,41-,42-,43-/m0/s1. The summed E-state index contributed by atoms with van der Waals surface area (Å²) in [6.45, 7) is 1.31. The molecule has 17 N–H and O–H groups in total. The number of carboxylic acids is 2. The van der Waals surface area contributed by atoms with Crippen molar-refractivity contribution in [3.05, 3.63) is 54.1 Å². The number of benzene rings is 1. The van der Waals surface area contributed by atoms with E-state index in [0.717, 1.165) is 0 Å². The Morgan fingerprint density at radius 2 is 1.11 bits per heavy atom. The number of H-pyrrole nitrogens is 1. The van der Waals surface area contributed by atoms with Crippen LogP contribution in [0.2, 0.25) is 0 Å². The Hall–Kier alpha value is -6.68. The van der Waals surface area contributed by atoms with Crippen LogP contribution in [0.15, 0.2) is 42.9 Å². The fourth-order valence-electron chi connectivity index (χ4n) is 9.69. The maximum absolute atomic E-state index is 14.7. The van der Waals surface area contributed by atoms with Gasteiger partial charge >= 0.3 is 11.9 Å². The number of rotatable bonds is 37. The molecule has 9 atom stereocenters. The summed E-state index contributed by atoms with van der Waals surface area (Å²) in [5.41, 5.74) is 24.2. The van der Waals surface area contributed by atoms with E-state index in [4.69, 9.17) is 22.9 Å². The first-order valence-electron chi connectivity index (χ1n) is 27.7. The number of nitrogens with two attached hydrogens (primary N) is 4. The summed E-state index contributed by atoms with van der Waals surface area (Å²) in [7, 11) is 0. The molecule has 444 valence electrons. The molecule has 2 saturated heterocycles. The second-order valence-electron chi connectivity index (χ2n) is 20.2. The van der Waals surface area contributed by atoms with Gasteiger partial charge in [-0.3, -0.25) is 43.2 Å². The maximum atomic E-state index is 14.7. The lowest BCUT2D eigenvalue weighted by molar-refractivity contribution is -0.146. The number of aliphatic carboxylic acids is 2. The Bertz CT molecular complexity index is 2330. The highest BCUT2D eigenvalue weighted by Gasteiger charge is 2.43. The zero-order chi connectivity index (χ0) is 58.6. The van der Waals surface area contributed by atoms with Crippen LogP contribution in [0.5, 0.6) is 0 Å². The molecular weight excluding hydrogens is 1060 g/mol. The molecule has 1 aromatic heterocycles. The van der Waals surface area contributed by atoms with Gasteiger partial charge in [-0.1, -0.05) is 36.8 Å². The molecule has 4 rings (SSSR count). The number of carbonyl (C=O) groups excluding carboxylic acids is 8. The molecule has 27 heteroatoms. The number of nitrogens with zero attached hydrogens (tertiary/aromatic N) is 3. The van der Waals surface area contributed by atoms with Gasteiger partial charge in [-0.2, -0.15) is 11.8 Å². The number of carbonyl (C=O) groups is 10. The van der Waals surface area contributed by atoms with Crippen molar-refractivity contribution in [3.63, 3.8) is 0 Å². The Kier molecular flexibility index (Phi) is 28.9. The summed E-state index contributed by atoms with van der Waals surface area (Å²) in [6, 6.07) is -1.93. The number of imidazole rings is 1. The summed E-state index contributed by atoms with van der Waals surface area (Å²) in [6.07, 6.45) is 8.58. The molecule has 0 saturated carbocycles. The maximum Gasteiger partial charge on any atom is 0.326 e. The summed E-state index contributed by atoms with van der Waals surface area (Å²) in [5, 5.41) is 35.7. The fraction of sp³-hybridized carbons (Fsp3) is 0.642. The number of hydrogen-bond donors (Lipinski definition) is 13. The number of amides is 8. The van der Waals surface area contributed by atoms with Crippen molar-refractivity contribution in [1.82, 2.24) is 51.7 Å². The van der Waals surface area contributed by atoms with E-state index in [0.29, 0.717) is 87.9 Å². The molecule has 3 heterocycles. The summed E-state index contributed by atoms with van der Waals surface area (Å²) in [5.74, 6) is -7.75. The molecule has 26 nitrogen and oxygen atoms in total. The third-order valence-corrected chi connectivity index (χ3v) is 14.8. The summed E-state index contributed by atoms with van der Waals surface area (Å²) < 4.78 is 0. The average molecular weight is 1140 g/mol. The van der Waals surface area contributed by atoms with Gasteiger partial charge in [0.2, 0.25) is 47.3 Å². The molecule has 80 heavy (non-hydrogen) atoms. The highest BCUT2D eigenvalue weighted by atomic mass is 32.2. The number of nitrogens with one attached hydrogen (secondary N) is 7. The number of thioether (sulfide) groups is 1. The van der Waals surface area contributed by atoms with Gasteiger partial charge in [0.05, 0.1) is 18.1 Å². The van der Waals surface area contributed by atoms with Crippen molar-refractivity contribution in [1.29, 1.82) is 0 Å². The minimum Gasteiger partial charge on any atom is -0.481 e. The van der Waals surface area contributed by atoms with Gasteiger partial charge in [-0.25, -0.2) is 9.78 Å². The number of hydrogen-bond acceptors (Lipinski definition) is 16. The van der Waals surface area contributed by atoms with Gasteiger partial charge in [-0.05, 0) is 127 Å². The number of unbranched alkanes of at least 4 members (excludes halogenated alkanes) is 3. The summed E-state index contributed by atoms with van der Waals surface area (Å²) in [4.78, 5) is 147. The van der Waals surface area contributed by atoms with E-state index in [1.54, 1.807) is 36.6 Å². The normalized spacial score (nSPS) is 17.7. The van der Waals surface area contributed by atoms with Crippen LogP contribution in [0.3, 0.4) is 0 Å². The van der Waals surface area contributed by atoms with E-state index in [1.165, 1.54) is 34.1 Å². The van der Waals surface area contributed by atoms with Crippen LogP contribution in [0.1, 0.15) is 114 Å². The second kappa shape index (κ2) is 35.1. The molecule has 0 aliphatic carbocycles. The lowest BCUT2D eigenvalue weighted by atomic mass is 10.0. The van der Waals surface area contributed by atoms with Crippen LogP contribution in [-0.2, 0) is 60.8 Å². The molecule has 0 bridgehead atoms. The first-order chi connectivity index (χ1) is 38.4. The van der Waals surface area contributed by atoms with Crippen molar-refractivity contribution in [2.45, 2.75) is 170 Å². The SMILES string of the molecule is CSCC[C@H](NC(=O)[C@H](CCC(=O)O)NC(=O)[C@H](CCCCN)NC(=O)[C@H](Cc1c[nH]cn1)NC(=O)[C@@H](N)CCCCN)C(=O)N1CCC[C@H]1C(=O)N[C@@H](Cc1ccccc1)C(=O)N1CCC[C@H]1C(=O)N[C@@H](CCCCN)C(=O)O. The zero-order valence-corrected chi connectivity index (χ0v) is 46.6. The van der Waals surface area contributed by atoms with Gasteiger partial charge < -0.3 is 79.8 Å². The van der Waals surface area contributed by atoms with E-state index in [-0.39, 0.29) is 64.6 Å². The van der Waals surface area contributed by atoms with Crippen LogP contribution in [-0.4, -0.2) is 188 Å². The molecule has 2 aliphatic heterocycles. The minimum atomic E-state index is -1.53. The molecule has 2 fully saturated rings. The first-order valence-corrected chi connectivity index (χ1v) is 29.1. The Morgan fingerprint density at radius 1 is 0.613 bits per heavy atom. The lowest BCUT2D eigenvalue weighted by Gasteiger charge is -2.32. The van der Waals surface area contributed by atoms with Gasteiger partial charge in [0.25, 0.3) is 0 Å². The second-order valence-corrected chi connectivity index (χ2v) is 21.2. The lowest BCUT2D eigenvalue weighted by Crippen LogP contribution is -2.60. The van der Waals surface area contributed by atoms with Crippen molar-refractivity contribution >= 4 is 71.0 Å².